The Kier molecular flexibility index (Phi) is 3.89. The zero-order valence-electron chi connectivity index (χ0n) is 12.0. The normalized spacial score (nSPS) is 12.0. The standard InChI is InChI=1S/C13H21N5S/c1-13(2,3)11-16-10(18(4)17-11)7-5-6-9-8-19-12(14)15-9/h8H,5-7H2,1-4H3,(H2,14,15). The minimum Gasteiger partial charge on any atom is -0.375 e. The minimum absolute atomic E-state index is 0.000621. The molecule has 2 aromatic heterocycles. The van der Waals surface area contributed by atoms with Gasteiger partial charge in [-0.2, -0.15) is 5.10 Å². The fourth-order valence-corrected chi connectivity index (χ4v) is 2.41. The van der Waals surface area contributed by atoms with Crippen molar-refractivity contribution in [3.63, 3.8) is 0 Å². The van der Waals surface area contributed by atoms with Gasteiger partial charge in [0.2, 0.25) is 0 Å². The number of thiazole rings is 1. The molecule has 0 unspecified atom stereocenters. The Balaban J connectivity index is 1.94. The number of hydrogen-bond donors (Lipinski definition) is 1. The molecular weight excluding hydrogens is 258 g/mol. The summed E-state index contributed by atoms with van der Waals surface area (Å²) in [6, 6.07) is 0. The van der Waals surface area contributed by atoms with Gasteiger partial charge in [-0.05, 0) is 12.8 Å². The Morgan fingerprint density at radius 2 is 2.00 bits per heavy atom. The molecule has 6 heteroatoms. The van der Waals surface area contributed by atoms with Gasteiger partial charge in [-0.3, -0.25) is 4.68 Å². The third kappa shape index (κ3) is 3.53. The van der Waals surface area contributed by atoms with Crippen molar-refractivity contribution in [1.82, 2.24) is 19.7 Å². The average Bonchev–Trinajstić information content (AvgIpc) is 2.86. The molecule has 0 aliphatic rings. The lowest BCUT2D eigenvalue weighted by Gasteiger charge is -2.11. The summed E-state index contributed by atoms with van der Waals surface area (Å²) in [7, 11) is 1.96. The summed E-state index contributed by atoms with van der Waals surface area (Å²) in [5, 5.41) is 7.15. The highest BCUT2D eigenvalue weighted by molar-refractivity contribution is 7.13. The van der Waals surface area contributed by atoms with E-state index < -0.39 is 0 Å². The average molecular weight is 279 g/mol. The second-order valence-corrected chi connectivity index (χ2v) is 6.65. The van der Waals surface area contributed by atoms with Gasteiger partial charge in [0, 0.05) is 24.3 Å². The summed E-state index contributed by atoms with van der Waals surface area (Å²) in [6.07, 6.45) is 2.86. The summed E-state index contributed by atoms with van der Waals surface area (Å²) in [5.74, 6) is 1.94. The van der Waals surface area contributed by atoms with E-state index in [1.807, 2.05) is 17.1 Å². The smallest absolute Gasteiger partial charge is 0.180 e. The third-order valence-corrected chi connectivity index (χ3v) is 3.65. The molecule has 0 radical (unpaired) electrons. The summed E-state index contributed by atoms with van der Waals surface area (Å²) in [6.45, 7) is 6.39. The first-order chi connectivity index (χ1) is 8.86. The molecule has 0 aliphatic carbocycles. The monoisotopic (exact) mass is 279 g/mol. The Bertz CT molecular complexity index is 550. The molecule has 5 nitrogen and oxygen atoms in total. The molecule has 0 amide bonds. The van der Waals surface area contributed by atoms with Gasteiger partial charge in [-0.25, -0.2) is 9.97 Å². The van der Waals surface area contributed by atoms with Crippen LogP contribution in [0.25, 0.3) is 0 Å². The van der Waals surface area contributed by atoms with Crippen LogP contribution in [0.3, 0.4) is 0 Å². The van der Waals surface area contributed by atoms with Crippen LogP contribution in [0, 0.1) is 0 Å². The number of nitrogens with two attached hydrogens (primary N) is 1. The second-order valence-electron chi connectivity index (χ2n) is 5.76. The molecule has 19 heavy (non-hydrogen) atoms. The highest BCUT2D eigenvalue weighted by atomic mass is 32.1. The Morgan fingerprint density at radius 1 is 1.26 bits per heavy atom. The van der Waals surface area contributed by atoms with Crippen LogP contribution in [0.2, 0.25) is 0 Å². The van der Waals surface area contributed by atoms with Crippen LogP contribution in [0.5, 0.6) is 0 Å². The van der Waals surface area contributed by atoms with Crippen molar-refractivity contribution >= 4 is 16.5 Å². The van der Waals surface area contributed by atoms with Crippen molar-refractivity contribution in [3.05, 3.63) is 22.7 Å². The van der Waals surface area contributed by atoms with Crippen LogP contribution >= 0.6 is 11.3 Å². The van der Waals surface area contributed by atoms with Gasteiger partial charge < -0.3 is 5.73 Å². The van der Waals surface area contributed by atoms with Crippen LogP contribution in [0.4, 0.5) is 5.13 Å². The SMILES string of the molecule is Cn1nc(C(C)(C)C)nc1CCCc1csc(N)n1. The van der Waals surface area contributed by atoms with E-state index in [-0.39, 0.29) is 5.41 Å². The van der Waals surface area contributed by atoms with Gasteiger partial charge in [-0.1, -0.05) is 20.8 Å². The van der Waals surface area contributed by atoms with Crippen molar-refractivity contribution in [3.8, 4) is 0 Å². The number of nitrogens with zero attached hydrogens (tertiary/aromatic N) is 4. The molecule has 2 heterocycles. The van der Waals surface area contributed by atoms with Crippen LogP contribution in [0.15, 0.2) is 5.38 Å². The largest absolute Gasteiger partial charge is 0.375 e. The molecule has 2 aromatic rings. The maximum Gasteiger partial charge on any atom is 0.180 e. The number of aromatic nitrogens is 4. The molecule has 2 N–H and O–H groups in total. The lowest BCUT2D eigenvalue weighted by atomic mass is 9.96. The van der Waals surface area contributed by atoms with Crippen LogP contribution in [0.1, 0.15) is 44.5 Å². The van der Waals surface area contributed by atoms with Crippen molar-refractivity contribution in [2.75, 3.05) is 5.73 Å². The third-order valence-electron chi connectivity index (χ3n) is 2.93. The van der Waals surface area contributed by atoms with Crippen LogP contribution in [-0.4, -0.2) is 19.7 Å². The summed E-state index contributed by atoms with van der Waals surface area (Å²) < 4.78 is 1.88. The first kappa shape index (κ1) is 14.0. The molecule has 0 saturated heterocycles. The maximum atomic E-state index is 5.62. The van der Waals surface area contributed by atoms with E-state index in [1.165, 1.54) is 11.3 Å². The molecule has 0 aromatic carbocycles. The molecule has 0 aliphatic heterocycles. The molecule has 104 valence electrons. The van der Waals surface area contributed by atoms with Crippen LogP contribution in [-0.2, 0) is 25.3 Å². The molecule has 0 saturated carbocycles. The lowest BCUT2D eigenvalue weighted by molar-refractivity contribution is 0.538. The number of anilines is 1. The van der Waals surface area contributed by atoms with Gasteiger partial charge in [0.25, 0.3) is 0 Å². The van der Waals surface area contributed by atoms with Gasteiger partial charge in [-0.15, -0.1) is 11.3 Å². The van der Waals surface area contributed by atoms with E-state index in [9.17, 15) is 0 Å². The van der Waals surface area contributed by atoms with E-state index in [2.05, 4.69) is 35.8 Å². The van der Waals surface area contributed by atoms with Crippen molar-refractivity contribution in [1.29, 1.82) is 0 Å². The Morgan fingerprint density at radius 3 is 2.53 bits per heavy atom. The molecule has 0 fully saturated rings. The summed E-state index contributed by atoms with van der Waals surface area (Å²) in [4.78, 5) is 8.89. The van der Waals surface area contributed by atoms with E-state index in [4.69, 9.17) is 5.73 Å². The van der Waals surface area contributed by atoms with E-state index >= 15 is 0 Å². The zero-order chi connectivity index (χ0) is 14.0. The lowest BCUT2D eigenvalue weighted by Crippen LogP contribution is -2.13. The fraction of sp³-hybridized carbons (Fsp3) is 0.615. The summed E-state index contributed by atoms with van der Waals surface area (Å²) >= 11 is 1.49. The van der Waals surface area contributed by atoms with E-state index in [1.54, 1.807) is 0 Å². The predicted octanol–water partition coefficient (Wildman–Crippen LogP) is 2.33. The van der Waals surface area contributed by atoms with Gasteiger partial charge >= 0.3 is 0 Å². The number of rotatable bonds is 4. The Hall–Kier alpha value is -1.43. The van der Waals surface area contributed by atoms with E-state index in [0.717, 1.165) is 36.6 Å². The van der Waals surface area contributed by atoms with E-state index in [0.29, 0.717) is 5.13 Å². The highest BCUT2D eigenvalue weighted by Gasteiger charge is 2.20. The first-order valence-corrected chi connectivity index (χ1v) is 7.34. The molecule has 2 rings (SSSR count). The predicted molar refractivity (Wildman–Crippen MR) is 78.3 cm³/mol. The van der Waals surface area contributed by atoms with Gasteiger partial charge in [0.15, 0.2) is 11.0 Å². The zero-order valence-corrected chi connectivity index (χ0v) is 12.8. The Labute approximate surface area is 117 Å². The number of aryl methyl sites for hydroxylation is 3. The second kappa shape index (κ2) is 5.28. The fourth-order valence-electron chi connectivity index (χ4n) is 1.82. The topological polar surface area (TPSA) is 69.6 Å². The molecule has 0 spiro atoms. The highest BCUT2D eigenvalue weighted by Crippen LogP contribution is 2.19. The quantitative estimate of drug-likeness (QED) is 0.932. The van der Waals surface area contributed by atoms with Crippen LogP contribution < -0.4 is 5.73 Å². The minimum atomic E-state index is -0.000621. The number of nitrogen functional groups attached to an aromatic ring is 1. The maximum absolute atomic E-state index is 5.62. The van der Waals surface area contributed by atoms with Crippen molar-refractivity contribution in [2.24, 2.45) is 7.05 Å². The van der Waals surface area contributed by atoms with Gasteiger partial charge in [0.05, 0.1) is 5.69 Å². The number of hydrogen-bond acceptors (Lipinski definition) is 5. The molecule has 0 atom stereocenters. The van der Waals surface area contributed by atoms with Gasteiger partial charge in [0.1, 0.15) is 5.82 Å². The van der Waals surface area contributed by atoms with Crippen molar-refractivity contribution < 1.29 is 0 Å². The molecular formula is C13H21N5S. The summed E-state index contributed by atoms with van der Waals surface area (Å²) in [5.41, 5.74) is 6.69. The first-order valence-electron chi connectivity index (χ1n) is 6.46. The molecule has 0 bridgehead atoms. The van der Waals surface area contributed by atoms with Crippen molar-refractivity contribution in [2.45, 2.75) is 45.4 Å².